The van der Waals surface area contributed by atoms with Crippen LogP contribution in [0, 0.1) is 5.92 Å². The number of fused-ring (bicyclic) bond motifs is 1. The molecule has 0 aliphatic carbocycles. The number of amides is 2. The molecule has 6 nitrogen and oxygen atoms in total. The summed E-state index contributed by atoms with van der Waals surface area (Å²) in [5, 5.41) is 18.5. The molecule has 2 rings (SSSR count). The molecule has 0 aromatic rings. The van der Waals surface area contributed by atoms with E-state index >= 15 is 0 Å². The SMILES string of the molecule is CC(C)(C)[N+]1(C(=O)O)C[C@H]2CN(C(=O)O)C[C@H]21. The highest BCUT2D eigenvalue weighted by atomic mass is 16.4. The van der Waals surface area contributed by atoms with Crippen LogP contribution in [0.5, 0.6) is 0 Å². The van der Waals surface area contributed by atoms with Crippen LogP contribution in [0.1, 0.15) is 20.8 Å². The number of hydrogen-bond acceptors (Lipinski definition) is 2. The molecule has 2 saturated heterocycles. The van der Waals surface area contributed by atoms with E-state index in [1.165, 1.54) is 4.90 Å². The highest BCUT2D eigenvalue weighted by Gasteiger charge is 2.68. The molecule has 0 aromatic carbocycles. The normalized spacial score (nSPS) is 36.3. The van der Waals surface area contributed by atoms with Gasteiger partial charge in [-0.05, 0) is 20.8 Å². The summed E-state index contributed by atoms with van der Waals surface area (Å²) in [6.07, 6.45) is -1.79. The van der Waals surface area contributed by atoms with Crippen molar-refractivity contribution >= 4 is 12.2 Å². The van der Waals surface area contributed by atoms with Gasteiger partial charge in [0.2, 0.25) is 0 Å². The zero-order valence-corrected chi connectivity index (χ0v) is 10.4. The fourth-order valence-corrected chi connectivity index (χ4v) is 3.33. The Bertz CT molecular complexity index is 376. The molecule has 2 amide bonds. The third-order valence-electron chi connectivity index (χ3n) is 4.30. The number of nitrogens with zero attached hydrogens (tertiary/aromatic N) is 2. The Morgan fingerprint density at radius 1 is 1.24 bits per heavy atom. The summed E-state index contributed by atoms with van der Waals surface area (Å²) in [4.78, 5) is 23.8. The molecule has 0 aromatic heterocycles. The Kier molecular flexibility index (Phi) is 2.40. The van der Waals surface area contributed by atoms with Crippen molar-refractivity contribution in [2.75, 3.05) is 19.6 Å². The van der Waals surface area contributed by atoms with E-state index in [2.05, 4.69) is 0 Å². The Morgan fingerprint density at radius 2 is 1.82 bits per heavy atom. The van der Waals surface area contributed by atoms with Crippen molar-refractivity contribution in [2.45, 2.75) is 32.4 Å². The molecule has 2 fully saturated rings. The Balaban J connectivity index is 2.26. The van der Waals surface area contributed by atoms with Crippen molar-refractivity contribution in [1.29, 1.82) is 0 Å². The maximum Gasteiger partial charge on any atom is 0.514 e. The molecule has 2 aliphatic rings. The summed E-state index contributed by atoms with van der Waals surface area (Å²) in [6, 6.07) is -0.0939. The van der Waals surface area contributed by atoms with Crippen LogP contribution < -0.4 is 0 Å². The summed E-state index contributed by atoms with van der Waals surface area (Å²) in [5.41, 5.74) is -0.401. The molecule has 0 bridgehead atoms. The first kappa shape index (κ1) is 12.2. The smallest absolute Gasteiger partial charge is 0.465 e. The zero-order valence-electron chi connectivity index (χ0n) is 10.4. The molecule has 17 heavy (non-hydrogen) atoms. The molecule has 2 N–H and O–H groups in total. The third-order valence-corrected chi connectivity index (χ3v) is 4.30. The van der Waals surface area contributed by atoms with E-state index in [0.717, 1.165) is 0 Å². The van der Waals surface area contributed by atoms with Crippen LogP contribution in [0.3, 0.4) is 0 Å². The third kappa shape index (κ3) is 1.43. The maximum atomic E-state index is 11.6. The van der Waals surface area contributed by atoms with E-state index in [4.69, 9.17) is 5.11 Å². The van der Waals surface area contributed by atoms with E-state index in [9.17, 15) is 14.7 Å². The number of likely N-dealkylation sites (tertiary alicyclic amines) is 2. The van der Waals surface area contributed by atoms with E-state index in [0.29, 0.717) is 19.6 Å². The van der Waals surface area contributed by atoms with Gasteiger partial charge in [-0.15, -0.1) is 0 Å². The van der Waals surface area contributed by atoms with Gasteiger partial charge in [0.15, 0.2) is 0 Å². The van der Waals surface area contributed by atoms with Gasteiger partial charge in [-0.1, -0.05) is 0 Å². The number of carbonyl (C=O) groups is 2. The van der Waals surface area contributed by atoms with Crippen LogP contribution in [0.4, 0.5) is 9.59 Å². The van der Waals surface area contributed by atoms with Gasteiger partial charge >= 0.3 is 12.2 Å². The summed E-state index contributed by atoms with van der Waals surface area (Å²) in [5.74, 6) is 0.196. The predicted octanol–water partition coefficient (Wildman–Crippen LogP) is 1.27. The van der Waals surface area contributed by atoms with Crippen LogP contribution in [0.25, 0.3) is 0 Å². The molecule has 2 heterocycles. The fourth-order valence-electron chi connectivity index (χ4n) is 3.33. The van der Waals surface area contributed by atoms with Gasteiger partial charge in [0.1, 0.15) is 11.6 Å². The maximum absolute atomic E-state index is 11.6. The molecule has 2 aliphatic heterocycles. The van der Waals surface area contributed by atoms with Crippen molar-refractivity contribution in [1.82, 2.24) is 4.90 Å². The van der Waals surface area contributed by atoms with Crippen LogP contribution in [0.15, 0.2) is 0 Å². The quantitative estimate of drug-likeness (QED) is 0.628. The first-order valence-corrected chi connectivity index (χ1v) is 5.79. The lowest BCUT2D eigenvalue weighted by Crippen LogP contribution is -2.79. The van der Waals surface area contributed by atoms with Crippen molar-refractivity contribution in [3.8, 4) is 0 Å². The standard InChI is InChI=1S/C11H18N2O4/c1-11(2,3)13(10(16)17)6-7-4-12(9(14)15)5-8(7)13/h7-8H,4-6H2,1-3H3,(H-,14,15,16,17)/p+1/t7-,8-,13?/m1/s1. The van der Waals surface area contributed by atoms with Crippen LogP contribution in [0.2, 0.25) is 0 Å². The van der Waals surface area contributed by atoms with Gasteiger partial charge in [-0.3, -0.25) is 0 Å². The van der Waals surface area contributed by atoms with Gasteiger partial charge in [0.05, 0.1) is 19.0 Å². The lowest BCUT2D eigenvalue weighted by atomic mass is 9.81. The average Bonchev–Trinajstić information content (AvgIpc) is 2.42. The zero-order chi connectivity index (χ0) is 13.0. The summed E-state index contributed by atoms with van der Waals surface area (Å²) in [6.45, 7) is 7.06. The molecule has 96 valence electrons. The summed E-state index contributed by atoms with van der Waals surface area (Å²) in [7, 11) is 0. The second-order valence-corrected chi connectivity index (χ2v) is 6.02. The number of quaternary nitrogens is 1. The predicted molar refractivity (Wildman–Crippen MR) is 59.8 cm³/mol. The molecule has 0 saturated carbocycles. The van der Waals surface area contributed by atoms with Crippen LogP contribution in [-0.4, -0.2) is 63.0 Å². The van der Waals surface area contributed by atoms with Gasteiger partial charge in [-0.2, -0.15) is 4.79 Å². The molecule has 0 radical (unpaired) electrons. The minimum absolute atomic E-state index is 0.0125. The second kappa shape index (κ2) is 3.35. The lowest BCUT2D eigenvalue weighted by Gasteiger charge is -2.56. The molecule has 3 atom stereocenters. The van der Waals surface area contributed by atoms with E-state index in [1.54, 1.807) is 0 Å². The average molecular weight is 243 g/mol. The number of rotatable bonds is 0. The minimum Gasteiger partial charge on any atom is -0.465 e. The van der Waals surface area contributed by atoms with Crippen LogP contribution >= 0.6 is 0 Å². The molecule has 6 heteroatoms. The van der Waals surface area contributed by atoms with E-state index < -0.39 is 17.7 Å². The van der Waals surface area contributed by atoms with Crippen molar-refractivity contribution in [3.63, 3.8) is 0 Å². The Labute approximate surface area is 100 Å². The van der Waals surface area contributed by atoms with Gasteiger partial charge < -0.3 is 15.1 Å². The fraction of sp³-hybridized carbons (Fsp3) is 0.818. The Hall–Kier alpha value is -1.30. The largest absolute Gasteiger partial charge is 0.514 e. The molecular formula is C11H19N2O4+. The van der Waals surface area contributed by atoms with Crippen molar-refractivity contribution < 1.29 is 24.3 Å². The van der Waals surface area contributed by atoms with E-state index in [1.807, 2.05) is 20.8 Å². The number of carboxylic acid groups (broad SMARTS) is 2. The molecule has 0 spiro atoms. The number of hydrogen-bond donors (Lipinski definition) is 2. The topological polar surface area (TPSA) is 77.8 Å². The highest BCUT2D eigenvalue weighted by Crippen LogP contribution is 2.46. The molecule has 1 unspecified atom stereocenters. The summed E-state index contributed by atoms with van der Waals surface area (Å²) < 4.78 is -0.0125. The minimum atomic E-state index is -0.947. The highest BCUT2D eigenvalue weighted by molar-refractivity contribution is 5.66. The van der Waals surface area contributed by atoms with Crippen molar-refractivity contribution in [2.24, 2.45) is 5.92 Å². The van der Waals surface area contributed by atoms with Gasteiger partial charge in [0, 0.05) is 6.54 Å². The lowest BCUT2D eigenvalue weighted by molar-refractivity contribution is -0.970. The second-order valence-electron chi connectivity index (χ2n) is 6.02. The first-order valence-electron chi connectivity index (χ1n) is 5.79. The monoisotopic (exact) mass is 243 g/mol. The van der Waals surface area contributed by atoms with Crippen LogP contribution in [-0.2, 0) is 0 Å². The van der Waals surface area contributed by atoms with Gasteiger partial charge in [-0.25, -0.2) is 9.28 Å². The van der Waals surface area contributed by atoms with Gasteiger partial charge in [0.25, 0.3) is 0 Å². The molecular weight excluding hydrogens is 224 g/mol. The van der Waals surface area contributed by atoms with Crippen molar-refractivity contribution in [3.05, 3.63) is 0 Å². The Morgan fingerprint density at radius 3 is 2.24 bits per heavy atom. The van der Waals surface area contributed by atoms with E-state index in [-0.39, 0.29) is 16.4 Å². The summed E-state index contributed by atoms with van der Waals surface area (Å²) >= 11 is 0. The first-order chi connectivity index (χ1) is 7.70.